The average molecular weight is 360 g/mol. The Balaban J connectivity index is 2.09. The van der Waals surface area contributed by atoms with Gasteiger partial charge in [-0.3, -0.25) is 0 Å². The fraction of sp³-hybridized carbons (Fsp3) is 0.647. The van der Waals surface area contributed by atoms with Crippen molar-refractivity contribution < 1.29 is 8.78 Å². The van der Waals surface area contributed by atoms with Gasteiger partial charge in [-0.25, -0.2) is 8.78 Å². The Morgan fingerprint density at radius 1 is 1.24 bits per heavy atom. The molecular formula is C17H24BrF2N. The number of hydrogen-bond donors (Lipinski definition) is 1. The molecule has 0 aliphatic heterocycles. The minimum atomic E-state index is -0.468. The van der Waals surface area contributed by atoms with Crippen LogP contribution in [0, 0.1) is 17.6 Å². The van der Waals surface area contributed by atoms with E-state index in [4.69, 9.17) is 0 Å². The normalized spacial score (nSPS) is 17.9. The molecule has 0 amide bonds. The van der Waals surface area contributed by atoms with Crippen molar-refractivity contribution >= 4 is 15.9 Å². The van der Waals surface area contributed by atoms with Crippen molar-refractivity contribution in [2.45, 2.75) is 57.9 Å². The summed E-state index contributed by atoms with van der Waals surface area (Å²) in [5.74, 6) is -0.201. The lowest BCUT2D eigenvalue weighted by atomic mass is 9.84. The quantitative estimate of drug-likeness (QED) is 0.638. The third-order valence-electron chi connectivity index (χ3n) is 4.47. The first-order chi connectivity index (χ1) is 10.1. The summed E-state index contributed by atoms with van der Waals surface area (Å²) in [6, 6.07) is 2.53. The summed E-state index contributed by atoms with van der Waals surface area (Å²) >= 11 is 3.16. The highest BCUT2D eigenvalue weighted by Gasteiger charge is 2.23. The van der Waals surface area contributed by atoms with Gasteiger partial charge < -0.3 is 5.32 Å². The number of hydrogen-bond acceptors (Lipinski definition) is 1. The van der Waals surface area contributed by atoms with Gasteiger partial charge in [0.2, 0.25) is 0 Å². The third kappa shape index (κ3) is 4.49. The summed E-state index contributed by atoms with van der Waals surface area (Å²) in [4.78, 5) is 0. The highest BCUT2D eigenvalue weighted by atomic mass is 79.9. The number of benzene rings is 1. The summed E-state index contributed by atoms with van der Waals surface area (Å²) in [5.41, 5.74) is 0.182. The van der Waals surface area contributed by atoms with Crippen molar-refractivity contribution in [3.8, 4) is 0 Å². The van der Waals surface area contributed by atoms with Crippen LogP contribution in [0.1, 0.15) is 63.5 Å². The first-order valence-electron chi connectivity index (χ1n) is 8.00. The lowest BCUT2D eigenvalue weighted by Gasteiger charge is -2.25. The molecule has 1 nitrogen and oxygen atoms in total. The molecule has 0 heterocycles. The summed E-state index contributed by atoms with van der Waals surface area (Å²) in [6.45, 7) is 2.68. The zero-order valence-electron chi connectivity index (χ0n) is 12.6. The van der Waals surface area contributed by atoms with Gasteiger partial charge in [-0.05, 0) is 53.4 Å². The Morgan fingerprint density at radius 3 is 2.62 bits per heavy atom. The standard InChI is InChI=1S/C17H24BrF2N/c1-2-21-15(11-8-12-6-4-3-5-7-12)16-14(19)10-9-13(18)17(16)20/h9-10,12,15,21H,2-8,11H2,1H3. The maximum Gasteiger partial charge on any atom is 0.145 e. The molecule has 21 heavy (non-hydrogen) atoms. The third-order valence-corrected chi connectivity index (χ3v) is 5.08. The predicted octanol–water partition coefficient (Wildman–Crippen LogP) is 5.74. The summed E-state index contributed by atoms with van der Waals surface area (Å²) in [6.07, 6.45) is 8.31. The van der Waals surface area contributed by atoms with Crippen LogP contribution in [0.2, 0.25) is 0 Å². The highest BCUT2D eigenvalue weighted by molar-refractivity contribution is 9.10. The fourth-order valence-electron chi connectivity index (χ4n) is 3.34. The van der Waals surface area contributed by atoms with Crippen LogP contribution < -0.4 is 5.32 Å². The molecule has 2 rings (SSSR count). The van der Waals surface area contributed by atoms with E-state index in [9.17, 15) is 8.78 Å². The van der Waals surface area contributed by atoms with Crippen molar-refractivity contribution in [1.29, 1.82) is 0 Å². The van der Waals surface area contributed by atoms with Gasteiger partial charge in [-0.2, -0.15) is 0 Å². The lowest BCUT2D eigenvalue weighted by Crippen LogP contribution is -2.24. The molecule has 0 radical (unpaired) electrons. The second-order valence-corrected chi connectivity index (χ2v) is 6.80. The summed E-state index contributed by atoms with van der Waals surface area (Å²) in [5, 5.41) is 3.25. The Labute approximate surface area is 134 Å². The number of halogens is 3. The van der Waals surface area contributed by atoms with Crippen LogP contribution >= 0.6 is 15.9 Å². The lowest BCUT2D eigenvalue weighted by molar-refractivity contribution is 0.311. The topological polar surface area (TPSA) is 12.0 Å². The molecule has 1 fully saturated rings. The molecule has 1 aliphatic carbocycles. The first kappa shape index (κ1) is 16.9. The van der Waals surface area contributed by atoms with E-state index in [0.717, 1.165) is 18.8 Å². The van der Waals surface area contributed by atoms with Crippen molar-refractivity contribution in [2.24, 2.45) is 5.92 Å². The predicted molar refractivity (Wildman–Crippen MR) is 86.3 cm³/mol. The molecule has 0 spiro atoms. The average Bonchev–Trinajstić information content (AvgIpc) is 2.50. The van der Waals surface area contributed by atoms with Crippen LogP contribution in [0.25, 0.3) is 0 Å². The summed E-state index contributed by atoms with van der Waals surface area (Å²) in [7, 11) is 0. The molecule has 1 aromatic rings. The molecule has 1 saturated carbocycles. The van der Waals surface area contributed by atoms with Crippen LogP contribution in [0.4, 0.5) is 8.78 Å². The molecule has 1 atom stereocenters. The van der Waals surface area contributed by atoms with Crippen LogP contribution in [-0.4, -0.2) is 6.54 Å². The SMILES string of the molecule is CCNC(CCC1CCCCC1)c1c(F)ccc(Br)c1F. The monoisotopic (exact) mass is 359 g/mol. The van der Waals surface area contributed by atoms with E-state index in [0.29, 0.717) is 11.0 Å². The van der Waals surface area contributed by atoms with E-state index >= 15 is 0 Å². The van der Waals surface area contributed by atoms with E-state index in [2.05, 4.69) is 21.2 Å². The van der Waals surface area contributed by atoms with E-state index in [1.165, 1.54) is 44.2 Å². The molecule has 4 heteroatoms. The minimum Gasteiger partial charge on any atom is -0.310 e. The van der Waals surface area contributed by atoms with Crippen LogP contribution in [-0.2, 0) is 0 Å². The molecule has 118 valence electrons. The number of rotatable bonds is 6. The summed E-state index contributed by atoms with van der Waals surface area (Å²) < 4.78 is 28.7. The second kappa shape index (κ2) is 8.23. The fourth-order valence-corrected chi connectivity index (χ4v) is 3.68. The molecule has 1 aliphatic rings. The van der Waals surface area contributed by atoms with Gasteiger partial charge in [-0.15, -0.1) is 0 Å². The van der Waals surface area contributed by atoms with Crippen LogP contribution in [0.3, 0.4) is 0 Å². The Hall–Kier alpha value is -0.480. The smallest absolute Gasteiger partial charge is 0.145 e. The highest BCUT2D eigenvalue weighted by Crippen LogP contribution is 2.33. The Bertz CT molecular complexity index is 458. The van der Waals surface area contributed by atoms with Gasteiger partial charge >= 0.3 is 0 Å². The second-order valence-electron chi connectivity index (χ2n) is 5.95. The van der Waals surface area contributed by atoms with E-state index in [1.807, 2.05) is 6.92 Å². The Kier molecular flexibility index (Phi) is 6.62. The maximum absolute atomic E-state index is 14.3. The first-order valence-corrected chi connectivity index (χ1v) is 8.79. The molecule has 1 unspecified atom stereocenters. The van der Waals surface area contributed by atoms with Gasteiger partial charge in [0.05, 0.1) is 4.47 Å². The van der Waals surface area contributed by atoms with Crippen molar-refractivity contribution in [1.82, 2.24) is 5.32 Å². The van der Waals surface area contributed by atoms with E-state index < -0.39 is 11.6 Å². The van der Waals surface area contributed by atoms with Gasteiger partial charge in [0.25, 0.3) is 0 Å². The van der Waals surface area contributed by atoms with Gasteiger partial charge in [0.15, 0.2) is 0 Å². The van der Waals surface area contributed by atoms with Gasteiger partial charge in [0, 0.05) is 11.6 Å². The van der Waals surface area contributed by atoms with Crippen LogP contribution in [0.15, 0.2) is 16.6 Å². The molecule has 1 N–H and O–H groups in total. The largest absolute Gasteiger partial charge is 0.310 e. The zero-order chi connectivity index (χ0) is 15.2. The van der Waals surface area contributed by atoms with E-state index in [-0.39, 0.29) is 11.6 Å². The molecule has 1 aromatic carbocycles. The molecule has 0 aromatic heterocycles. The van der Waals surface area contributed by atoms with Gasteiger partial charge in [-0.1, -0.05) is 39.0 Å². The van der Waals surface area contributed by atoms with Crippen molar-refractivity contribution in [3.63, 3.8) is 0 Å². The molecule has 0 bridgehead atoms. The maximum atomic E-state index is 14.3. The van der Waals surface area contributed by atoms with E-state index in [1.54, 1.807) is 0 Å². The van der Waals surface area contributed by atoms with Crippen molar-refractivity contribution in [2.75, 3.05) is 6.54 Å². The zero-order valence-corrected chi connectivity index (χ0v) is 14.2. The molecule has 0 saturated heterocycles. The molecular weight excluding hydrogens is 336 g/mol. The Morgan fingerprint density at radius 2 is 1.95 bits per heavy atom. The number of nitrogens with one attached hydrogen (secondary N) is 1. The minimum absolute atomic E-state index is 0.182. The van der Waals surface area contributed by atoms with Crippen LogP contribution in [0.5, 0.6) is 0 Å². The van der Waals surface area contributed by atoms with Crippen molar-refractivity contribution in [3.05, 3.63) is 33.8 Å². The van der Waals surface area contributed by atoms with Gasteiger partial charge in [0.1, 0.15) is 11.6 Å².